The molecule has 0 radical (unpaired) electrons. The molecule has 4 heterocycles. The number of halogens is 2. The van der Waals surface area contributed by atoms with Crippen LogP contribution in [0.1, 0.15) is 31.7 Å². The molecule has 13 heteroatoms. The molecule has 2 aliphatic rings. The number of alkyl halides is 2. The Kier molecular flexibility index (Phi) is 5.58. The van der Waals surface area contributed by atoms with Gasteiger partial charge in [0.25, 0.3) is 0 Å². The predicted octanol–water partition coefficient (Wildman–Crippen LogP) is 3.24. The largest absolute Gasteiger partial charge is 0.487 e. The third kappa shape index (κ3) is 4.65. The van der Waals surface area contributed by atoms with Crippen molar-refractivity contribution >= 4 is 22.4 Å². The number of carboxylic acids is 1. The van der Waals surface area contributed by atoms with Crippen LogP contribution in [0.3, 0.4) is 0 Å². The standard InChI is InChI=1S/C21H22F2N6O4S/c1-20(22,23)32-14-3-2-4-15-13(14)5-6-21(33-15)7-9-28(10-8-21)19-24-11-16(34-19)18-25-27-29(26-18)12-17(30)31/h2-4,11H,5-10,12H2,1H3,(H,30,31). The van der Waals surface area contributed by atoms with Gasteiger partial charge < -0.3 is 19.5 Å². The molecule has 0 amide bonds. The highest BCUT2D eigenvalue weighted by Crippen LogP contribution is 2.44. The zero-order chi connectivity index (χ0) is 23.9. The second-order valence-corrected chi connectivity index (χ2v) is 9.47. The fourth-order valence-electron chi connectivity index (χ4n) is 4.32. The number of ether oxygens (including phenoxy) is 2. The van der Waals surface area contributed by atoms with E-state index in [1.807, 2.05) is 0 Å². The SMILES string of the molecule is CC(F)(F)Oc1cccc2c1CCC1(CCN(c3ncc(-c4nnn(CC(=O)O)n4)s3)CC1)O2. The van der Waals surface area contributed by atoms with Crippen LogP contribution in [0.5, 0.6) is 11.5 Å². The number of aliphatic carboxylic acids is 1. The van der Waals surface area contributed by atoms with Gasteiger partial charge in [0, 0.05) is 38.4 Å². The topological polar surface area (TPSA) is 115 Å². The summed E-state index contributed by atoms with van der Waals surface area (Å²) in [7, 11) is 0. The van der Waals surface area contributed by atoms with Crippen molar-refractivity contribution in [1.82, 2.24) is 25.2 Å². The van der Waals surface area contributed by atoms with Crippen LogP contribution < -0.4 is 14.4 Å². The first kappa shape index (κ1) is 22.4. The molecule has 1 spiro atoms. The molecular formula is C21H22F2N6O4S. The summed E-state index contributed by atoms with van der Waals surface area (Å²) in [6.07, 6.45) is 1.28. The van der Waals surface area contributed by atoms with E-state index < -0.39 is 12.1 Å². The van der Waals surface area contributed by atoms with E-state index in [0.717, 1.165) is 49.2 Å². The van der Waals surface area contributed by atoms with Crippen LogP contribution in [0, 0.1) is 0 Å². The maximum absolute atomic E-state index is 13.4. The molecule has 1 fully saturated rings. The highest BCUT2D eigenvalue weighted by Gasteiger charge is 2.41. The van der Waals surface area contributed by atoms with Crippen LogP contribution in [0.4, 0.5) is 13.9 Å². The lowest BCUT2D eigenvalue weighted by Crippen LogP contribution is -2.49. The quantitative estimate of drug-likeness (QED) is 0.554. The van der Waals surface area contributed by atoms with E-state index in [-0.39, 0.29) is 17.9 Å². The van der Waals surface area contributed by atoms with Gasteiger partial charge in [-0.25, -0.2) is 4.98 Å². The molecule has 3 aromatic rings. The average Bonchev–Trinajstić information content (AvgIpc) is 3.43. The van der Waals surface area contributed by atoms with Crippen LogP contribution in [-0.4, -0.2) is 61.1 Å². The Morgan fingerprint density at radius 1 is 1.32 bits per heavy atom. The molecule has 1 N–H and O–H groups in total. The van der Waals surface area contributed by atoms with E-state index in [2.05, 4.69) is 25.3 Å². The first-order valence-electron chi connectivity index (χ1n) is 10.8. The van der Waals surface area contributed by atoms with Crippen molar-refractivity contribution in [3.63, 3.8) is 0 Å². The zero-order valence-electron chi connectivity index (χ0n) is 18.3. The number of thiazole rings is 1. The van der Waals surface area contributed by atoms with E-state index in [0.29, 0.717) is 28.4 Å². The summed E-state index contributed by atoms with van der Waals surface area (Å²) in [5, 5.41) is 21.4. The average molecular weight is 493 g/mol. The Bertz CT molecular complexity index is 1200. The van der Waals surface area contributed by atoms with Crippen molar-refractivity contribution in [2.75, 3.05) is 18.0 Å². The van der Waals surface area contributed by atoms with Gasteiger partial charge in [-0.3, -0.25) is 4.79 Å². The molecule has 5 rings (SSSR count). The molecule has 0 saturated carbocycles. The second kappa shape index (κ2) is 8.46. The van der Waals surface area contributed by atoms with Gasteiger partial charge in [0.2, 0.25) is 5.82 Å². The first-order chi connectivity index (χ1) is 16.2. The zero-order valence-corrected chi connectivity index (χ0v) is 19.1. The van der Waals surface area contributed by atoms with Gasteiger partial charge in [0.1, 0.15) is 17.1 Å². The van der Waals surface area contributed by atoms with Gasteiger partial charge in [-0.1, -0.05) is 17.4 Å². The number of benzene rings is 1. The predicted molar refractivity (Wildman–Crippen MR) is 117 cm³/mol. The first-order valence-corrected chi connectivity index (χ1v) is 11.6. The maximum atomic E-state index is 13.4. The molecule has 0 aliphatic carbocycles. The minimum Gasteiger partial charge on any atom is -0.487 e. The third-order valence-electron chi connectivity index (χ3n) is 5.92. The van der Waals surface area contributed by atoms with Gasteiger partial charge in [-0.2, -0.15) is 13.6 Å². The Hall–Kier alpha value is -3.35. The summed E-state index contributed by atoms with van der Waals surface area (Å²) in [5.74, 6) is 0.0622. The van der Waals surface area contributed by atoms with Crippen LogP contribution in [-0.2, 0) is 17.8 Å². The number of hydrogen-bond donors (Lipinski definition) is 1. The molecule has 34 heavy (non-hydrogen) atoms. The van der Waals surface area contributed by atoms with E-state index in [1.165, 1.54) is 11.3 Å². The number of fused-ring (bicyclic) bond motifs is 1. The summed E-state index contributed by atoms with van der Waals surface area (Å²) in [5.41, 5.74) is 0.336. The number of piperidine rings is 1. The lowest BCUT2D eigenvalue weighted by atomic mass is 9.83. The van der Waals surface area contributed by atoms with E-state index in [1.54, 1.807) is 24.4 Å². The van der Waals surface area contributed by atoms with E-state index >= 15 is 0 Å². The molecule has 0 atom stereocenters. The lowest BCUT2D eigenvalue weighted by Gasteiger charge is -2.44. The van der Waals surface area contributed by atoms with Crippen molar-refractivity contribution in [2.45, 2.75) is 50.9 Å². The molecular weight excluding hydrogens is 470 g/mol. The van der Waals surface area contributed by atoms with Crippen molar-refractivity contribution in [2.24, 2.45) is 0 Å². The third-order valence-corrected chi connectivity index (χ3v) is 6.98. The molecule has 180 valence electrons. The van der Waals surface area contributed by atoms with Crippen molar-refractivity contribution < 1.29 is 28.2 Å². The summed E-state index contributed by atoms with van der Waals surface area (Å²) in [6, 6.07) is 5.03. The molecule has 2 aliphatic heterocycles. The number of tetrazole rings is 1. The summed E-state index contributed by atoms with van der Waals surface area (Å²) in [4.78, 5) is 19.2. The smallest absolute Gasteiger partial charge is 0.394 e. The summed E-state index contributed by atoms with van der Waals surface area (Å²) < 4.78 is 38.0. The number of carboxylic acid groups (broad SMARTS) is 1. The number of anilines is 1. The normalized spacial score (nSPS) is 17.3. The van der Waals surface area contributed by atoms with Crippen LogP contribution in [0.2, 0.25) is 0 Å². The highest BCUT2D eigenvalue weighted by molar-refractivity contribution is 7.18. The van der Waals surface area contributed by atoms with Gasteiger partial charge in [-0.15, -0.1) is 10.2 Å². The van der Waals surface area contributed by atoms with E-state index in [4.69, 9.17) is 14.6 Å². The monoisotopic (exact) mass is 492 g/mol. The van der Waals surface area contributed by atoms with Crippen LogP contribution in [0.15, 0.2) is 24.4 Å². The molecule has 1 aromatic carbocycles. The number of rotatable bonds is 6. The number of aromatic nitrogens is 5. The number of nitrogens with zero attached hydrogens (tertiary/aromatic N) is 6. The van der Waals surface area contributed by atoms with Gasteiger partial charge in [0.15, 0.2) is 11.7 Å². The van der Waals surface area contributed by atoms with E-state index in [9.17, 15) is 13.6 Å². The minimum absolute atomic E-state index is 0.168. The Morgan fingerprint density at radius 2 is 2.12 bits per heavy atom. The highest BCUT2D eigenvalue weighted by atomic mass is 32.1. The van der Waals surface area contributed by atoms with Gasteiger partial charge in [-0.05, 0) is 30.2 Å². The molecule has 1 saturated heterocycles. The number of carbonyl (C=O) groups is 1. The lowest BCUT2D eigenvalue weighted by molar-refractivity contribution is -0.159. The van der Waals surface area contributed by atoms with Crippen molar-refractivity contribution in [3.8, 4) is 22.2 Å². The molecule has 10 nitrogen and oxygen atoms in total. The summed E-state index contributed by atoms with van der Waals surface area (Å²) >= 11 is 1.42. The Balaban J connectivity index is 1.24. The van der Waals surface area contributed by atoms with Crippen molar-refractivity contribution in [1.29, 1.82) is 0 Å². The van der Waals surface area contributed by atoms with Crippen LogP contribution >= 0.6 is 11.3 Å². The minimum atomic E-state index is -3.25. The van der Waals surface area contributed by atoms with Gasteiger partial charge >= 0.3 is 12.1 Å². The Labute approximate surface area is 197 Å². The van der Waals surface area contributed by atoms with Crippen LogP contribution in [0.25, 0.3) is 10.7 Å². The molecule has 0 bridgehead atoms. The fraction of sp³-hybridized carbons (Fsp3) is 0.476. The maximum Gasteiger partial charge on any atom is 0.394 e. The Morgan fingerprint density at radius 3 is 2.85 bits per heavy atom. The second-order valence-electron chi connectivity index (χ2n) is 8.46. The fourth-order valence-corrected chi connectivity index (χ4v) is 5.21. The molecule has 2 aromatic heterocycles. The summed E-state index contributed by atoms with van der Waals surface area (Å²) in [6.45, 7) is 1.82. The molecule has 0 unspecified atom stereocenters. The van der Waals surface area contributed by atoms with Crippen molar-refractivity contribution in [3.05, 3.63) is 30.0 Å². The number of hydrogen-bond acceptors (Lipinski definition) is 9. The van der Waals surface area contributed by atoms with Gasteiger partial charge in [0.05, 0.1) is 11.1 Å².